The molecular weight excluding hydrogens is 204 g/mol. The van der Waals surface area contributed by atoms with Gasteiger partial charge in [-0.25, -0.2) is 4.68 Å². The van der Waals surface area contributed by atoms with Gasteiger partial charge in [0.1, 0.15) is 5.75 Å². The van der Waals surface area contributed by atoms with E-state index in [1.807, 2.05) is 19.3 Å². The molecule has 84 valence electrons. The van der Waals surface area contributed by atoms with Crippen molar-refractivity contribution >= 4 is 0 Å². The number of hydrogen-bond donors (Lipinski definition) is 2. The standard InChI is InChI=1S/C11H14N4O/c1-12-6-5-9-8-15(14-13-9)10-3-2-4-11(16)7-10/h2-4,7-8,12,16H,5-6H2,1H3. The molecule has 0 aliphatic rings. The van der Waals surface area contributed by atoms with Crippen molar-refractivity contribution < 1.29 is 5.11 Å². The molecule has 0 atom stereocenters. The van der Waals surface area contributed by atoms with Crippen LogP contribution >= 0.6 is 0 Å². The van der Waals surface area contributed by atoms with Crippen molar-refractivity contribution in [1.29, 1.82) is 0 Å². The Morgan fingerprint density at radius 3 is 3.06 bits per heavy atom. The molecule has 1 aromatic heterocycles. The van der Waals surface area contributed by atoms with Gasteiger partial charge in [-0.3, -0.25) is 0 Å². The third-order valence-electron chi connectivity index (χ3n) is 2.27. The number of phenols is 1. The first-order valence-electron chi connectivity index (χ1n) is 5.15. The summed E-state index contributed by atoms with van der Waals surface area (Å²) in [5, 5.41) is 20.5. The Morgan fingerprint density at radius 2 is 2.31 bits per heavy atom. The lowest BCUT2D eigenvalue weighted by molar-refractivity contribution is 0.474. The van der Waals surface area contributed by atoms with Crippen molar-refractivity contribution in [3.05, 3.63) is 36.2 Å². The maximum atomic E-state index is 9.35. The van der Waals surface area contributed by atoms with Crippen molar-refractivity contribution in [1.82, 2.24) is 20.3 Å². The second kappa shape index (κ2) is 4.76. The van der Waals surface area contributed by atoms with E-state index in [2.05, 4.69) is 15.6 Å². The van der Waals surface area contributed by atoms with Gasteiger partial charge in [0.15, 0.2) is 0 Å². The van der Waals surface area contributed by atoms with Crippen LogP contribution in [-0.4, -0.2) is 33.7 Å². The Bertz CT molecular complexity index is 467. The van der Waals surface area contributed by atoms with Gasteiger partial charge in [0.25, 0.3) is 0 Å². The van der Waals surface area contributed by atoms with Crippen molar-refractivity contribution in [2.24, 2.45) is 0 Å². The highest BCUT2D eigenvalue weighted by Crippen LogP contribution is 2.14. The van der Waals surface area contributed by atoms with Gasteiger partial charge in [-0.1, -0.05) is 11.3 Å². The van der Waals surface area contributed by atoms with Gasteiger partial charge in [-0.05, 0) is 19.2 Å². The average molecular weight is 218 g/mol. The predicted molar refractivity (Wildman–Crippen MR) is 60.7 cm³/mol. The van der Waals surface area contributed by atoms with E-state index < -0.39 is 0 Å². The van der Waals surface area contributed by atoms with E-state index in [1.165, 1.54) is 0 Å². The normalized spacial score (nSPS) is 10.6. The van der Waals surface area contributed by atoms with Crippen molar-refractivity contribution in [2.75, 3.05) is 13.6 Å². The summed E-state index contributed by atoms with van der Waals surface area (Å²) in [4.78, 5) is 0. The van der Waals surface area contributed by atoms with E-state index >= 15 is 0 Å². The molecule has 0 saturated heterocycles. The Morgan fingerprint density at radius 1 is 1.44 bits per heavy atom. The van der Waals surface area contributed by atoms with E-state index in [1.54, 1.807) is 22.9 Å². The van der Waals surface area contributed by atoms with E-state index in [0.29, 0.717) is 0 Å². The first-order chi connectivity index (χ1) is 7.79. The van der Waals surface area contributed by atoms with Crippen LogP contribution < -0.4 is 5.32 Å². The van der Waals surface area contributed by atoms with Gasteiger partial charge in [0.2, 0.25) is 0 Å². The molecule has 0 aliphatic heterocycles. The minimum atomic E-state index is 0.227. The SMILES string of the molecule is CNCCc1cn(-c2cccc(O)c2)nn1. The molecule has 5 nitrogen and oxygen atoms in total. The Labute approximate surface area is 93.7 Å². The number of rotatable bonds is 4. The fourth-order valence-electron chi connectivity index (χ4n) is 1.43. The zero-order valence-electron chi connectivity index (χ0n) is 9.09. The molecule has 16 heavy (non-hydrogen) atoms. The average Bonchev–Trinajstić information content (AvgIpc) is 2.75. The van der Waals surface area contributed by atoms with Gasteiger partial charge >= 0.3 is 0 Å². The summed E-state index contributed by atoms with van der Waals surface area (Å²) < 4.78 is 1.66. The number of likely N-dealkylation sites (N-methyl/N-ethyl adjacent to an activating group) is 1. The molecule has 0 aliphatic carbocycles. The summed E-state index contributed by atoms with van der Waals surface area (Å²) in [6.07, 6.45) is 2.71. The molecule has 0 saturated carbocycles. The van der Waals surface area contributed by atoms with Gasteiger partial charge in [0, 0.05) is 19.0 Å². The van der Waals surface area contributed by atoms with Crippen LogP contribution in [0.25, 0.3) is 5.69 Å². The van der Waals surface area contributed by atoms with Crippen LogP contribution in [0.2, 0.25) is 0 Å². The Kier molecular flexibility index (Phi) is 3.16. The molecule has 2 aromatic rings. The lowest BCUT2D eigenvalue weighted by atomic mass is 10.3. The maximum absolute atomic E-state index is 9.35. The maximum Gasteiger partial charge on any atom is 0.117 e. The van der Waals surface area contributed by atoms with Crippen LogP contribution in [0.5, 0.6) is 5.75 Å². The van der Waals surface area contributed by atoms with E-state index in [0.717, 1.165) is 24.3 Å². The minimum Gasteiger partial charge on any atom is -0.508 e. The van der Waals surface area contributed by atoms with Gasteiger partial charge in [-0.15, -0.1) is 5.10 Å². The first kappa shape index (κ1) is 10.6. The molecule has 0 unspecified atom stereocenters. The highest BCUT2D eigenvalue weighted by Gasteiger charge is 2.02. The fraction of sp³-hybridized carbons (Fsp3) is 0.273. The molecule has 1 aromatic carbocycles. The molecule has 1 heterocycles. The van der Waals surface area contributed by atoms with Crippen LogP contribution in [0.15, 0.2) is 30.5 Å². The van der Waals surface area contributed by atoms with Crippen LogP contribution in [0.3, 0.4) is 0 Å². The summed E-state index contributed by atoms with van der Waals surface area (Å²) in [7, 11) is 1.90. The zero-order valence-corrected chi connectivity index (χ0v) is 9.09. The number of benzene rings is 1. The van der Waals surface area contributed by atoms with Crippen LogP contribution in [0.4, 0.5) is 0 Å². The van der Waals surface area contributed by atoms with Gasteiger partial charge < -0.3 is 10.4 Å². The molecule has 5 heteroatoms. The summed E-state index contributed by atoms with van der Waals surface area (Å²) in [6, 6.07) is 6.93. The smallest absolute Gasteiger partial charge is 0.117 e. The highest BCUT2D eigenvalue weighted by molar-refractivity contribution is 5.37. The lowest BCUT2D eigenvalue weighted by Crippen LogP contribution is -2.10. The summed E-state index contributed by atoms with van der Waals surface area (Å²) in [6.45, 7) is 0.874. The van der Waals surface area contributed by atoms with Crippen molar-refractivity contribution in [2.45, 2.75) is 6.42 Å². The Hall–Kier alpha value is -1.88. The molecule has 0 radical (unpaired) electrons. The number of phenolic OH excluding ortho intramolecular Hbond substituents is 1. The lowest BCUT2D eigenvalue weighted by Gasteiger charge is -1.99. The van der Waals surface area contributed by atoms with Crippen molar-refractivity contribution in [3.63, 3.8) is 0 Å². The number of aromatic nitrogens is 3. The Balaban J connectivity index is 2.18. The molecule has 2 N–H and O–H groups in total. The van der Waals surface area contributed by atoms with Gasteiger partial charge in [-0.2, -0.15) is 0 Å². The number of nitrogens with zero attached hydrogens (tertiary/aromatic N) is 3. The van der Waals surface area contributed by atoms with Gasteiger partial charge in [0.05, 0.1) is 17.6 Å². The molecule has 0 bridgehead atoms. The predicted octanol–water partition coefficient (Wildman–Crippen LogP) is 0.735. The van der Waals surface area contributed by atoms with Crippen molar-refractivity contribution in [3.8, 4) is 11.4 Å². The van der Waals surface area contributed by atoms with E-state index in [-0.39, 0.29) is 5.75 Å². The zero-order chi connectivity index (χ0) is 11.4. The van der Waals surface area contributed by atoms with Crippen LogP contribution in [0, 0.1) is 0 Å². The van der Waals surface area contributed by atoms with Crippen LogP contribution in [-0.2, 0) is 6.42 Å². The monoisotopic (exact) mass is 218 g/mol. The summed E-state index contributed by atoms with van der Waals surface area (Å²) >= 11 is 0. The fourth-order valence-corrected chi connectivity index (χ4v) is 1.43. The van der Waals surface area contributed by atoms with E-state index in [4.69, 9.17) is 0 Å². The molecule has 0 fully saturated rings. The second-order valence-electron chi connectivity index (χ2n) is 3.53. The summed E-state index contributed by atoms with van der Waals surface area (Å²) in [5.74, 6) is 0.227. The molecule has 2 rings (SSSR count). The third-order valence-corrected chi connectivity index (χ3v) is 2.27. The van der Waals surface area contributed by atoms with E-state index in [9.17, 15) is 5.11 Å². The third kappa shape index (κ3) is 2.38. The molecule has 0 spiro atoms. The first-order valence-corrected chi connectivity index (χ1v) is 5.15. The second-order valence-corrected chi connectivity index (χ2v) is 3.53. The number of nitrogens with one attached hydrogen (secondary N) is 1. The molecule has 0 amide bonds. The highest BCUT2D eigenvalue weighted by atomic mass is 16.3. The van der Waals surface area contributed by atoms with Crippen LogP contribution in [0.1, 0.15) is 5.69 Å². The largest absolute Gasteiger partial charge is 0.508 e. The molecular formula is C11H14N4O. The topological polar surface area (TPSA) is 63.0 Å². The quantitative estimate of drug-likeness (QED) is 0.794. The minimum absolute atomic E-state index is 0.227. The number of aromatic hydroxyl groups is 1. The summed E-state index contributed by atoms with van der Waals surface area (Å²) in [5.41, 5.74) is 1.74. The number of hydrogen-bond acceptors (Lipinski definition) is 4.